The van der Waals surface area contributed by atoms with E-state index >= 15 is 0 Å². The minimum Gasteiger partial charge on any atom is -0.497 e. The van der Waals surface area contributed by atoms with E-state index in [-0.39, 0.29) is 12.1 Å². The van der Waals surface area contributed by atoms with Crippen molar-refractivity contribution in [2.24, 2.45) is 0 Å². The number of ether oxygens (including phenoxy) is 2. The van der Waals surface area contributed by atoms with Gasteiger partial charge in [0, 0.05) is 11.6 Å². The number of methoxy groups -OCH3 is 2. The van der Waals surface area contributed by atoms with Gasteiger partial charge in [-0.1, -0.05) is 30.3 Å². The van der Waals surface area contributed by atoms with Crippen molar-refractivity contribution in [3.8, 4) is 22.8 Å². The normalized spacial score (nSPS) is 10.7. The molecule has 0 aliphatic carbocycles. The Bertz CT molecular complexity index is 1270. The van der Waals surface area contributed by atoms with Crippen LogP contribution in [0.15, 0.2) is 59.7 Å². The van der Waals surface area contributed by atoms with Crippen LogP contribution in [0.4, 0.5) is 5.69 Å². The maximum absolute atomic E-state index is 12.9. The summed E-state index contributed by atoms with van der Waals surface area (Å²) < 4.78 is 16.5. The zero-order valence-corrected chi connectivity index (χ0v) is 17.1. The number of amides is 1. The highest BCUT2D eigenvalue weighted by Crippen LogP contribution is 2.29. The van der Waals surface area contributed by atoms with Crippen LogP contribution < -0.4 is 20.3 Å². The van der Waals surface area contributed by atoms with Gasteiger partial charge in [-0.3, -0.25) is 14.2 Å². The summed E-state index contributed by atoms with van der Waals surface area (Å²) in [6, 6.07) is 14.6. The van der Waals surface area contributed by atoms with Crippen molar-refractivity contribution in [1.29, 1.82) is 0 Å². The van der Waals surface area contributed by atoms with E-state index < -0.39 is 5.91 Å². The van der Waals surface area contributed by atoms with E-state index in [1.165, 1.54) is 25.1 Å². The predicted octanol–water partition coefficient (Wildman–Crippen LogP) is 3.18. The maximum Gasteiger partial charge on any atom is 0.273 e. The highest BCUT2D eigenvalue weighted by atomic mass is 32.1. The monoisotopic (exact) mass is 422 g/mol. The number of carbonyl (C=O) groups is 1. The van der Waals surface area contributed by atoms with Gasteiger partial charge in [-0.05, 0) is 23.7 Å². The molecule has 0 atom stereocenters. The van der Waals surface area contributed by atoms with Crippen LogP contribution in [0.1, 0.15) is 0 Å². The van der Waals surface area contributed by atoms with Crippen LogP contribution >= 0.6 is 11.5 Å². The minimum absolute atomic E-state index is 0.194. The van der Waals surface area contributed by atoms with E-state index in [2.05, 4.69) is 14.7 Å². The highest BCUT2D eigenvalue weighted by molar-refractivity contribution is 7.13. The Morgan fingerprint density at radius 2 is 1.93 bits per heavy atom. The van der Waals surface area contributed by atoms with Gasteiger partial charge in [0.05, 0.1) is 26.2 Å². The van der Waals surface area contributed by atoms with Crippen LogP contribution in [0.5, 0.6) is 11.5 Å². The van der Waals surface area contributed by atoms with Crippen molar-refractivity contribution in [2.45, 2.75) is 6.54 Å². The average molecular weight is 422 g/mol. The maximum atomic E-state index is 12.9. The van der Waals surface area contributed by atoms with Crippen LogP contribution in [0.3, 0.4) is 0 Å². The van der Waals surface area contributed by atoms with E-state index in [4.69, 9.17) is 9.47 Å². The molecule has 0 saturated carbocycles. The third-order valence-electron chi connectivity index (χ3n) is 4.49. The Hall–Kier alpha value is -3.72. The van der Waals surface area contributed by atoms with Crippen molar-refractivity contribution in [3.05, 3.63) is 65.2 Å². The van der Waals surface area contributed by atoms with Crippen molar-refractivity contribution >= 4 is 33.3 Å². The number of nitrogens with zero attached hydrogens (tertiary/aromatic N) is 3. The van der Waals surface area contributed by atoms with Gasteiger partial charge < -0.3 is 14.8 Å². The second-order valence-electron chi connectivity index (χ2n) is 6.37. The van der Waals surface area contributed by atoms with E-state index in [1.54, 1.807) is 18.2 Å². The first-order chi connectivity index (χ1) is 14.6. The molecule has 0 bridgehead atoms. The summed E-state index contributed by atoms with van der Waals surface area (Å²) in [5.41, 5.74) is 2.21. The molecule has 8 nitrogen and oxygen atoms in total. The predicted molar refractivity (Wildman–Crippen MR) is 115 cm³/mol. The fraction of sp³-hybridized carbons (Fsp3) is 0.143. The first kappa shape index (κ1) is 19.6. The third-order valence-corrected chi connectivity index (χ3v) is 5.32. The fourth-order valence-corrected chi connectivity index (χ4v) is 3.82. The van der Waals surface area contributed by atoms with Gasteiger partial charge in [-0.15, -0.1) is 0 Å². The smallest absolute Gasteiger partial charge is 0.273 e. The first-order valence-corrected chi connectivity index (χ1v) is 9.80. The molecule has 0 aliphatic heterocycles. The molecule has 1 N–H and O–H groups in total. The molecule has 30 heavy (non-hydrogen) atoms. The highest BCUT2D eigenvalue weighted by Gasteiger charge is 2.16. The lowest BCUT2D eigenvalue weighted by Crippen LogP contribution is -2.27. The Morgan fingerprint density at radius 1 is 1.13 bits per heavy atom. The minimum atomic E-state index is -0.391. The molecule has 0 spiro atoms. The number of aromatic nitrogens is 3. The zero-order valence-electron chi connectivity index (χ0n) is 16.3. The standard InChI is InChI=1S/C21H18N4O4S/c1-28-14-8-9-16(29-2)15(10-14)23-17(26)11-25-12-22-19-18(13-6-4-3-5-7-13)24-30-20(19)21(25)27/h3-10,12H,11H2,1-2H3,(H,23,26). The molecule has 4 rings (SSSR count). The first-order valence-electron chi connectivity index (χ1n) is 9.03. The number of anilines is 1. The van der Waals surface area contributed by atoms with Gasteiger partial charge in [0.15, 0.2) is 0 Å². The van der Waals surface area contributed by atoms with Crippen molar-refractivity contribution < 1.29 is 14.3 Å². The Labute approximate surface area is 175 Å². The summed E-state index contributed by atoms with van der Waals surface area (Å²) in [6.07, 6.45) is 1.37. The molecular formula is C21H18N4O4S. The van der Waals surface area contributed by atoms with Crippen molar-refractivity contribution in [2.75, 3.05) is 19.5 Å². The van der Waals surface area contributed by atoms with Crippen molar-refractivity contribution in [3.63, 3.8) is 0 Å². The molecule has 2 aromatic carbocycles. The Balaban J connectivity index is 1.60. The fourth-order valence-electron chi connectivity index (χ4n) is 3.01. The molecule has 2 heterocycles. The molecule has 9 heteroatoms. The molecule has 0 radical (unpaired) electrons. The molecule has 0 saturated heterocycles. The number of rotatable bonds is 6. The second kappa shape index (κ2) is 8.34. The van der Waals surface area contributed by atoms with Crippen molar-refractivity contribution in [1.82, 2.24) is 13.9 Å². The average Bonchev–Trinajstić information content (AvgIpc) is 3.21. The van der Waals surface area contributed by atoms with Crippen LogP contribution in [-0.4, -0.2) is 34.1 Å². The summed E-state index contributed by atoms with van der Waals surface area (Å²) in [5.74, 6) is 0.669. The third kappa shape index (κ3) is 3.74. The molecule has 0 aliphatic rings. The molecular weight excluding hydrogens is 404 g/mol. The quantitative estimate of drug-likeness (QED) is 0.513. The number of fused-ring (bicyclic) bond motifs is 1. The van der Waals surface area contributed by atoms with Gasteiger partial charge in [0.1, 0.15) is 34.0 Å². The number of benzene rings is 2. The van der Waals surface area contributed by atoms with Gasteiger partial charge in [-0.2, -0.15) is 4.37 Å². The van der Waals surface area contributed by atoms with Gasteiger partial charge in [0.25, 0.3) is 5.56 Å². The van der Waals surface area contributed by atoms with Crippen LogP contribution in [0.25, 0.3) is 21.5 Å². The van der Waals surface area contributed by atoms with Gasteiger partial charge in [0.2, 0.25) is 5.91 Å². The van der Waals surface area contributed by atoms with E-state index in [9.17, 15) is 9.59 Å². The lowest BCUT2D eigenvalue weighted by atomic mass is 10.1. The zero-order chi connectivity index (χ0) is 21.1. The largest absolute Gasteiger partial charge is 0.497 e. The van der Waals surface area contributed by atoms with Crippen LogP contribution in [0.2, 0.25) is 0 Å². The molecule has 152 valence electrons. The molecule has 0 fully saturated rings. The van der Waals surface area contributed by atoms with E-state index in [0.29, 0.717) is 33.1 Å². The van der Waals surface area contributed by atoms with E-state index in [0.717, 1.165) is 17.1 Å². The van der Waals surface area contributed by atoms with E-state index in [1.807, 2.05) is 30.3 Å². The summed E-state index contributed by atoms with van der Waals surface area (Å²) in [4.78, 5) is 29.8. The number of hydrogen-bond acceptors (Lipinski definition) is 7. The second-order valence-corrected chi connectivity index (χ2v) is 7.14. The molecule has 2 aromatic heterocycles. The van der Waals surface area contributed by atoms with Gasteiger partial charge in [-0.25, -0.2) is 4.98 Å². The Kier molecular flexibility index (Phi) is 5.44. The molecule has 4 aromatic rings. The van der Waals surface area contributed by atoms with Crippen LogP contribution in [0, 0.1) is 0 Å². The lowest BCUT2D eigenvalue weighted by molar-refractivity contribution is -0.116. The summed E-state index contributed by atoms with van der Waals surface area (Å²) >= 11 is 1.08. The number of hydrogen-bond donors (Lipinski definition) is 1. The van der Waals surface area contributed by atoms with Crippen LogP contribution in [-0.2, 0) is 11.3 Å². The summed E-state index contributed by atoms with van der Waals surface area (Å²) in [6.45, 7) is -0.194. The SMILES string of the molecule is COc1ccc(OC)c(NC(=O)Cn2cnc3c(-c4ccccc4)nsc3c2=O)c1. The topological polar surface area (TPSA) is 95.3 Å². The summed E-state index contributed by atoms with van der Waals surface area (Å²) in [5, 5.41) is 2.75. The lowest BCUT2D eigenvalue weighted by Gasteiger charge is -2.12. The molecule has 0 unspecified atom stereocenters. The van der Waals surface area contributed by atoms with Gasteiger partial charge >= 0.3 is 0 Å². The number of nitrogens with one attached hydrogen (secondary N) is 1. The molecule has 1 amide bonds. The number of carbonyl (C=O) groups excluding carboxylic acids is 1. The Morgan fingerprint density at radius 3 is 2.67 bits per heavy atom. The summed E-state index contributed by atoms with van der Waals surface area (Å²) in [7, 11) is 3.04.